The van der Waals surface area contributed by atoms with Gasteiger partial charge in [-0.25, -0.2) is 0 Å². The molecule has 0 fully saturated rings. The van der Waals surface area contributed by atoms with Crippen LogP contribution in [0, 0.1) is 5.92 Å². The molecule has 0 saturated carbocycles. The number of rotatable bonds is 5. The number of ketones is 1. The Morgan fingerprint density at radius 3 is 2.50 bits per heavy atom. The van der Waals surface area contributed by atoms with E-state index in [-0.39, 0.29) is 24.7 Å². The first kappa shape index (κ1) is 11.4. The molecule has 0 aliphatic rings. The maximum atomic E-state index is 10.8. The van der Waals surface area contributed by atoms with Crippen molar-refractivity contribution in [2.24, 2.45) is 5.92 Å². The first-order chi connectivity index (χ1) is 5.56. The zero-order valence-electron chi connectivity index (χ0n) is 7.30. The van der Waals surface area contributed by atoms with Crippen LogP contribution in [0.2, 0.25) is 0 Å². The van der Waals surface area contributed by atoms with Crippen molar-refractivity contribution in [1.82, 2.24) is 0 Å². The SMILES string of the molecule is CC(=O)CC(=O)OCC(C)CCl. The summed E-state index contributed by atoms with van der Waals surface area (Å²) < 4.78 is 4.76. The lowest BCUT2D eigenvalue weighted by atomic mass is 10.2. The summed E-state index contributed by atoms with van der Waals surface area (Å²) in [6, 6.07) is 0. The maximum absolute atomic E-state index is 10.8. The predicted octanol–water partition coefficient (Wildman–Crippen LogP) is 1.38. The van der Waals surface area contributed by atoms with E-state index in [1.165, 1.54) is 6.92 Å². The minimum Gasteiger partial charge on any atom is -0.465 e. The van der Waals surface area contributed by atoms with E-state index < -0.39 is 5.97 Å². The standard InChI is InChI=1S/C8H13ClO3/c1-6(4-9)5-12-8(11)3-7(2)10/h6H,3-5H2,1-2H3. The molecule has 0 aromatic rings. The largest absolute Gasteiger partial charge is 0.465 e. The molecule has 0 heterocycles. The molecule has 70 valence electrons. The molecule has 0 aromatic carbocycles. The number of hydrogen-bond donors (Lipinski definition) is 0. The fraction of sp³-hybridized carbons (Fsp3) is 0.750. The van der Waals surface area contributed by atoms with Gasteiger partial charge in [0.25, 0.3) is 0 Å². The number of esters is 1. The van der Waals surface area contributed by atoms with Gasteiger partial charge in [0.1, 0.15) is 12.2 Å². The van der Waals surface area contributed by atoms with Crippen molar-refractivity contribution < 1.29 is 14.3 Å². The summed E-state index contributed by atoms with van der Waals surface area (Å²) in [6.45, 7) is 3.51. The summed E-state index contributed by atoms with van der Waals surface area (Å²) in [5.41, 5.74) is 0. The Morgan fingerprint density at radius 2 is 2.08 bits per heavy atom. The molecular weight excluding hydrogens is 180 g/mol. The molecule has 4 heteroatoms. The Hall–Kier alpha value is -0.570. The molecule has 1 unspecified atom stereocenters. The minimum atomic E-state index is -0.473. The summed E-state index contributed by atoms with van der Waals surface area (Å²) in [6.07, 6.45) is -0.144. The van der Waals surface area contributed by atoms with Gasteiger partial charge < -0.3 is 4.74 Å². The molecule has 0 spiro atoms. The molecule has 0 rings (SSSR count). The van der Waals surface area contributed by atoms with Gasteiger partial charge in [-0.1, -0.05) is 6.92 Å². The van der Waals surface area contributed by atoms with Crippen LogP contribution in [0.4, 0.5) is 0 Å². The average Bonchev–Trinajstić information content (AvgIpc) is 1.99. The van der Waals surface area contributed by atoms with Gasteiger partial charge in [0.05, 0.1) is 6.61 Å². The lowest BCUT2D eigenvalue weighted by Crippen LogP contribution is -2.14. The van der Waals surface area contributed by atoms with E-state index in [2.05, 4.69) is 0 Å². The first-order valence-corrected chi connectivity index (χ1v) is 4.30. The molecule has 0 aliphatic carbocycles. The van der Waals surface area contributed by atoms with Crippen molar-refractivity contribution in [3.8, 4) is 0 Å². The Morgan fingerprint density at radius 1 is 1.50 bits per heavy atom. The van der Waals surface area contributed by atoms with Crippen molar-refractivity contribution in [1.29, 1.82) is 0 Å². The average molecular weight is 193 g/mol. The summed E-state index contributed by atoms with van der Waals surface area (Å²) in [7, 11) is 0. The number of ether oxygens (including phenoxy) is 1. The fourth-order valence-electron chi connectivity index (χ4n) is 0.534. The van der Waals surface area contributed by atoms with E-state index in [0.717, 1.165) is 0 Å². The van der Waals surface area contributed by atoms with Crippen LogP contribution < -0.4 is 0 Å². The van der Waals surface area contributed by atoms with E-state index in [1.54, 1.807) is 0 Å². The van der Waals surface area contributed by atoms with E-state index in [4.69, 9.17) is 16.3 Å². The van der Waals surface area contributed by atoms with Gasteiger partial charge in [-0.2, -0.15) is 0 Å². The highest BCUT2D eigenvalue weighted by Gasteiger charge is 2.08. The van der Waals surface area contributed by atoms with Crippen LogP contribution in [0.3, 0.4) is 0 Å². The number of carbonyl (C=O) groups excluding carboxylic acids is 2. The minimum absolute atomic E-state index is 0.141. The smallest absolute Gasteiger partial charge is 0.313 e. The van der Waals surface area contributed by atoms with Crippen LogP contribution in [-0.4, -0.2) is 24.2 Å². The van der Waals surface area contributed by atoms with Gasteiger partial charge >= 0.3 is 5.97 Å². The normalized spacial score (nSPS) is 12.2. The van der Waals surface area contributed by atoms with Crippen LogP contribution in [0.25, 0.3) is 0 Å². The zero-order valence-corrected chi connectivity index (χ0v) is 8.06. The van der Waals surface area contributed by atoms with Crippen LogP contribution in [-0.2, 0) is 14.3 Å². The topological polar surface area (TPSA) is 43.4 Å². The Labute approximate surface area is 77.0 Å². The third-order valence-corrected chi connectivity index (χ3v) is 1.71. The summed E-state index contributed by atoms with van der Waals surface area (Å²) in [5, 5.41) is 0. The summed E-state index contributed by atoms with van der Waals surface area (Å²) in [4.78, 5) is 21.2. The highest BCUT2D eigenvalue weighted by molar-refractivity contribution is 6.18. The van der Waals surface area contributed by atoms with Gasteiger partial charge in [0.2, 0.25) is 0 Å². The Kier molecular flexibility index (Phi) is 5.72. The molecule has 0 radical (unpaired) electrons. The van der Waals surface area contributed by atoms with E-state index >= 15 is 0 Å². The highest BCUT2D eigenvalue weighted by Crippen LogP contribution is 1.99. The summed E-state index contributed by atoms with van der Waals surface area (Å²) in [5.74, 6) is -0.0616. The second kappa shape index (κ2) is 6.00. The van der Waals surface area contributed by atoms with Crippen molar-refractivity contribution in [2.75, 3.05) is 12.5 Å². The molecule has 0 N–H and O–H groups in total. The van der Waals surface area contributed by atoms with Gasteiger partial charge in [0, 0.05) is 11.8 Å². The van der Waals surface area contributed by atoms with Gasteiger partial charge in [-0.05, 0) is 6.92 Å². The molecular formula is C8H13ClO3. The second-order valence-electron chi connectivity index (χ2n) is 2.82. The van der Waals surface area contributed by atoms with E-state index in [9.17, 15) is 9.59 Å². The van der Waals surface area contributed by atoms with Crippen molar-refractivity contribution in [2.45, 2.75) is 20.3 Å². The van der Waals surface area contributed by atoms with Crippen molar-refractivity contribution in [3.05, 3.63) is 0 Å². The fourth-order valence-corrected chi connectivity index (χ4v) is 0.623. The number of hydrogen-bond acceptors (Lipinski definition) is 3. The molecule has 0 amide bonds. The zero-order chi connectivity index (χ0) is 9.56. The van der Waals surface area contributed by atoms with Gasteiger partial charge in [-0.15, -0.1) is 11.6 Å². The molecule has 0 aromatic heterocycles. The Bertz CT molecular complexity index is 168. The van der Waals surface area contributed by atoms with Crippen LogP contribution >= 0.6 is 11.6 Å². The quantitative estimate of drug-likeness (QED) is 0.376. The van der Waals surface area contributed by atoms with Crippen molar-refractivity contribution in [3.63, 3.8) is 0 Å². The molecule has 0 bridgehead atoms. The Balaban J connectivity index is 3.50. The van der Waals surface area contributed by atoms with Crippen LogP contribution in [0.5, 0.6) is 0 Å². The number of carbonyl (C=O) groups is 2. The first-order valence-electron chi connectivity index (χ1n) is 3.77. The van der Waals surface area contributed by atoms with E-state index in [1.807, 2.05) is 6.92 Å². The summed E-state index contributed by atoms with van der Waals surface area (Å²) >= 11 is 5.48. The van der Waals surface area contributed by atoms with Gasteiger partial charge in [-0.3, -0.25) is 9.59 Å². The number of alkyl halides is 1. The molecule has 1 atom stereocenters. The predicted molar refractivity (Wildman–Crippen MR) is 46.1 cm³/mol. The molecule has 3 nitrogen and oxygen atoms in total. The highest BCUT2D eigenvalue weighted by atomic mass is 35.5. The molecule has 0 saturated heterocycles. The van der Waals surface area contributed by atoms with Gasteiger partial charge in [0.15, 0.2) is 0 Å². The van der Waals surface area contributed by atoms with E-state index in [0.29, 0.717) is 5.88 Å². The lowest BCUT2D eigenvalue weighted by molar-refractivity contribution is -0.146. The monoisotopic (exact) mass is 192 g/mol. The number of Topliss-reactive ketones (excluding diaryl/α,β-unsaturated/α-hetero) is 1. The van der Waals surface area contributed by atoms with Crippen LogP contribution in [0.15, 0.2) is 0 Å². The maximum Gasteiger partial charge on any atom is 0.313 e. The van der Waals surface area contributed by atoms with Crippen LogP contribution in [0.1, 0.15) is 20.3 Å². The second-order valence-corrected chi connectivity index (χ2v) is 3.13. The lowest BCUT2D eigenvalue weighted by Gasteiger charge is -2.07. The number of halogens is 1. The molecule has 0 aliphatic heterocycles. The third kappa shape index (κ3) is 6.16. The van der Waals surface area contributed by atoms with Crippen molar-refractivity contribution >= 4 is 23.4 Å². The molecule has 12 heavy (non-hydrogen) atoms. The third-order valence-electron chi connectivity index (χ3n) is 1.19.